The van der Waals surface area contributed by atoms with Crippen LogP contribution in [0.2, 0.25) is 0 Å². The van der Waals surface area contributed by atoms with Crippen LogP contribution in [0, 0.1) is 0 Å². The van der Waals surface area contributed by atoms with Crippen LogP contribution in [0.25, 0.3) is 10.8 Å². The molecule has 0 bridgehead atoms. The highest BCUT2D eigenvalue weighted by molar-refractivity contribution is 5.88. The fourth-order valence-electron chi connectivity index (χ4n) is 3.29. The van der Waals surface area contributed by atoms with Gasteiger partial charge in [-0.05, 0) is 52.2 Å². The molecular weight excluding hydrogens is 362 g/mol. The van der Waals surface area contributed by atoms with Gasteiger partial charge < -0.3 is 15.2 Å². The quantitative estimate of drug-likeness (QED) is 0.428. The van der Waals surface area contributed by atoms with Crippen molar-refractivity contribution in [1.29, 1.82) is 0 Å². The van der Waals surface area contributed by atoms with Crippen molar-refractivity contribution in [3.8, 4) is 5.75 Å². The Morgan fingerprint density at radius 2 is 1.66 bits per heavy atom. The number of hydrogen-bond donors (Lipinski definition) is 2. The van der Waals surface area contributed by atoms with Gasteiger partial charge in [0.1, 0.15) is 12.4 Å². The van der Waals surface area contributed by atoms with E-state index in [0.29, 0.717) is 13.2 Å². The van der Waals surface area contributed by atoms with Crippen molar-refractivity contribution < 1.29 is 14.6 Å². The SMILES string of the molecule is O=C(O)c1cccc(NCc2cccc(OCc3cccc4ccccc34)c2)c1. The average molecular weight is 383 g/mol. The molecule has 2 N–H and O–H groups in total. The number of benzene rings is 4. The molecule has 0 amide bonds. The first-order valence-electron chi connectivity index (χ1n) is 9.45. The average Bonchev–Trinajstić information content (AvgIpc) is 2.77. The molecule has 0 aliphatic carbocycles. The number of rotatable bonds is 7. The lowest BCUT2D eigenvalue weighted by atomic mass is 10.1. The van der Waals surface area contributed by atoms with Gasteiger partial charge in [-0.2, -0.15) is 0 Å². The number of aromatic carboxylic acids is 1. The van der Waals surface area contributed by atoms with Crippen molar-refractivity contribution in [2.24, 2.45) is 0 Å². The number of carboxylic acid groups (broad SMARTS) is 1. The molecule has 0 radical (unpaired) electrons. The van der Waals surface area contributed by atoms with E-state index in [0.717, 1.165) is 22.6 Å². The molecule has 4 heteroatoms. The van der Waals surface area contributed by atoms with E-state index >= 15 is 0 Å². The van der Waals surface area contributed by atoms with Gasteiger partial charge in [-0.3, -0.25) is 0 Å². The minimum absolute atomic E-state index is 0.266. The molecule has 4 aromatic carbocycles. The zero-order valence-electron chi connectivity index (χ0n) is 15.8. The van der Waals surface area contributed by atoms with Crippen molar-refractivity contribution in [3.05, 3.63) is 108 Å². The fraction of sp³-hybridized carbons (Fsp3) is 0.0800. The summed E-state index contributed by atoms with van der Waals surface area (Å²) in [7, 11) is 0. The number of fused-ring (bicyclic) bond motifs is 1. The molecule has 0 fully saturated rings. The van der Waals surface area contributed by atoms with Gasteiger partial charge in [-0.25, -0.2) is 4.79 Å². The van der Waals surface area contributed by atoms with E-state index in [4.69, 9.17) is 9.84 Å². The van der Waals surface area contributed by atoms with Crippen molar-refractivity contribution in [3.63, 3.8) is 0 Å². The highest BCUT2D eigenvalue weighted by Crippen LogP contribution is 2.22. The summed E-state index contributed by atoms with van der Waals surface area (Å²) in [6.07, 6.45) is 0. The molecule has 0 aromatic heterocycles. The maximum absolute atomic E-state index is 11.1. The predicted molar refractivity (Wildman–Crippen MR) is 115 cm³/mol. The molecular formula is C25H21NO3. The van der Waals surface area contributed by atoms with E-state index in [2.05, 4.69) is 29.6 Å². The number of carboxylic acids is 1. The Hall–Kier alpha value is -3.79. The Balaban J connectivity index is 1.42. The molecule has 144 valence electrons. The van der Waals surface area contributed by atoms with Crippen LogP contribution in [0.5, 0.6) is 5.75 Å². The van der Waals surface area contributed by atoms with Gasteiger partial charge in [-0.15, -0.1) is 0 Å². The standard InChI is InChI=1S/C25H21NO3/c27-25(28)20-9-5-11-22(15-20)26-16-18-6-3-12-23(14-18)29-17-21-10-4-8-19-7-1-2-13-24(19)21/h1-15,26H,16-17H2,(H,27,28). The fourth-order valence-corrected chi connectivity index (χ4v) is 3.29. The summed E-state index contributed by atoms with van der Waals surface area (Å²) in [5.41, 5.74) is 3.24. The minimum atomic E-state index is -0.933. The molecule has 0 unspecified atom stereocenters. The smallest absolute Gasteiger partial charge is 0.335 e. The number of ether oxygens (including phenoxy) is 1. The number of nitrogens with one attached hydrogen (secondary N) is 1. The molecule has 0 aliphatic rings. The second-order valence-corrected chi connectivity index (χ2v) is 6.81. The van der Waals surface area contributed by atoms with Crippen LogP contribution in [0.15, 0.2) is 91.0 Å². The summed E-state index contributed by atoms with van der Waals surface area (Å²) < 4.78 is 6.04. The van der Waals surface area contributed by atoms with E-state index in [1.807, 2.05) is 48.5 Å². The van der Waals surface area contributed by atoms with Crippen LogP contribution >= 0.6 is 0 Å². The molecule has 0 aliphatic heterocycles. The highest BCUT2D eigenvalue weighted by Gasteiger charge is 2.05. The Morgan fingerprint density at radius 3 is 2.55 bits per heavy atom. The van der Waals surface area contributed by atoms with E-state index in [1.54, 1.807) is 18.2 Å². The zero-order valence-corrected chi connectivity index (χ0v) is 15.8. The number of hydrogen-bond acceptors (Lipinski definition) is 3. The summed E-state index contributed by atoms with van der Waals surface area (Å²) in [5, 5.41) is 14.8. The van der Waals surface area contributed by atoms with Gasteiger partial charge in [0.25, 0.3) is 0 Å². The highest BCUT2D eigenvalue weighted by atomic mass is 16.5. The number of anilines is 1. The first kappa shape index (κ1) is 18.6. The van der Waals surface area contributed by atoms with Crippen molar-refractivity contribution in [1.82, 2.24) is 0 Å². The van der Waals surface area contributed by atoms with Crippen molar-refractivity contribution in [2.75, 3.05) is 5.32 Å². The Labute approximate surface area is 169 Å². The van der Waals surface area contributed by atoms with Gasteiger partial charge >= 0.3 is 5.97 Å². The van der Waals surface area contributed by atoms with E-state index in [9.17, 15) is 4.79 Å². The van der Waals surface area contributed by atoms with Crippen LogP contribution < -0.4 is 10.1 Å². The summed E-state index contributed by atoms with van der Waals surface area (Å²) in [6.45, 7) is 1.08. The minimum Gasteiger partial charge on any atom is -0.489 e. The third-order valence-corrected chi connectivity index (χ3v) is 4.78. The molecule has 4 nitrogen and oxygen atoms in total. The van der Waals surface area contributed by atoms with Crippen LogP contribution in [0.4, 0.5) is 5.69 Å². The molecule has 0 atom stereocenters. The van der Waals surface area contributed by atoms with E-state index < -0.39 is 5.97 Å². The first-order valence-corrected chi connectivity index (χ1v) is 9.45. The normalized spacial score (nSPS) is 10.6. The van der Waals surface area contributed by atoms with E-state index in [-0.39, 0.29) is 5.56 Å². The molecule has 29 heavy (non-hydrogen) atoms. The summed E-state index contributed by atoms with van der Waals surface area (Å²) >= 11 is 0. The summed E-state index contributed by atoms with van der Waals surface area (Å²) in [4.78, 5) is 11.1. The lowest BCUT2D eigenvalue weighted by Crippen LogP contribution is -2.02. The second kappa shape index (κ2) is 8.48. The Morgan fingerprint density at radius 1 is 0.862 bits per heavy atom. The third kappa shape index (κ3) is 4.55. The lowest BCUT2D eigenvalue weighted by molar-refractivity contribution is 0.0697. The zero-order chi connectivity index (χ0) is 20.1. The van der Waals surface area contributed by atoms with Crippen LogP contribution in [0.1, 0.15) is 21.5 Å². The van der Waals surface area contributed by atoms with Gasteiger partial charge in [0.05, 0.1) is 5.56 Å². The molecule has 0 heterocycles. The second-order valence-electron chi connectivity index (χ2n) is 6.81. The number of carbonyl (C=O) groups is 1. The van der Waals surface area contributed by atoms with Crippen molar-refractivity contribution >= 4 is 22.4 Å². The predicted octanol–water partition coefficient (Wildman–Crippen LogP) is 5.73. The monoisotopic (exact) mass is 383 g/mol. The largest absolute Gasteiger partial charge is 0.489 e. The Kier molecular flexibility index (Phi) is 5.43. The first-order chi connectivity index (χ1) is 14.2. The van der Waals surface area contributed by atoms with Crippen molar-refractivity contribution in [2.45, 2.75) is 13.2 Å². The van der Waals surface area contributed by atoms with Gasteiger partial charge in [0.15, 0.2) is 0 Å². The maximum atomic E-state index is 11.1. The molecule has 0 saturated heterocycles. The molecule has 0 spiro atoms. The van der Waals surface area contributed by atoms with Gasteiger partial charge in [0, 0.05) is 12.2 Å². The molecule has 4 aromatic rings. The van der Waals surface area contributed by atoms with E-state index in [1.165, 1.54) is 10.8 Å². The maximum Gasteiger partial charge on any atom is 0.335 e. The lowest BCUT2D eigenvalue weighted by Gasteiger charge is -2.11. The molecule has 4 rings (SSSR count). The summed E-state index contributed by atoms with van der Waals surface area (Å²) in [6, 6.07) is 29.2. The van der Waals surface area contributed by atoms with Gasteiger partial charge in [0.2, 0.25) is 0 Å². The Bertz CT molecular complexity index is 1150. The molecule has 0 saturated carbocycles. The topological polar surface area (TPSA) is 58.6 Å². The van der Waals surface area contributed by atoms with Gasteiger partial charge in [-0.1, -0.05) is 60.7 Å². The van der Waals surface area contributed by atoms with Crippen LogP contribution in [0.3, 0.4) is 0 Å². The third-order valence-electron chi connectivity index (χ3n) is 4.78. The van der Waals surface area contributed by atoms with Crippen LogP contribution in [-0.4, -0.2) is 11.1 Å². The summed E-state index contributed by atoms with van der Waals surface area (Å²) in [5.74, 6) is -0.131. The van der Waals surface area contributed by atoms with Crippen LogP contribution in [-0.2, 0) is 13.2 Å².